The third-order valence-electron chi connectivity index (χ3n) is 2.35. The first-order chi connectivity index (χ1) is 7.09. The van der Waals surface area contributed by atoms with Crippen LogP contribution in [0.4, 0.5) is 0 Å². The number of aromatic nitrogens is 1. The molecule has 0 aliphatic rings. The van der Waals surface area contributed by atoms with Crippen molar-refractivity contribution in [1.82, 2.24) is 4.98 Å². The molecular weight excluding hydrogens is 256 g/mol. The number of H-pyrrole nitrogens is 1. The van der Waals surface area contributed by atoms with Gasteiger partial charge < -0.3 is 10.7 Å². The number of nitrogens with one attached hydrogen (secondary N) is 1. The van der Waals surface area contributed by atoms with Gasteiger partial charge in [0.2, 0.25) is 0 Å². The Morgan fingerprint density at radius 1 is 1.47 bits per heavy atom. The van der Waals surface area contributed by atoms with E-state index in [0.29, 0.717) is 5.56 Å². The van der Waals surface area contributed by atoms with E-state index in [4.69, 9.17) is 5.73 Å². The number of aromatic amines is 1. The van der Waals surface area contributed by atoms with E-state index in [0.717, 1.165) is 15.4 Å². The minimum absolute atomic E-state index is 0.121. The van der Waals surface area contributed by atoms with Crippen LogP contribution in [-0.2, 0) is 0 Å². The monoisotopic (exact) mass is 266 g/mol. The molecule has 0 bridgehead atoms. The van der Waals surface area contributed by atoms with Crippen LogP contribution in [0.25, 0.3) is 10.9 Å². The first-order valence-corrected chi connectivity index (χ1v) is 5.46. The number of benzene rings is 1. The predicted octanol–water partition coefficient (Wildman–Crippen LogP) is 2.31. The van der Waals surface area contributed by atoms with Gasteiger partial charge in [-0.25, -0.2) is 0 Å². The number of para-hydroxylation sites is 1. The second-order valence-corrected chi connectivity index (χ2v) is 4.40. The van der Waals surface area contributed by atoms with Crippen molar-refractivity contribution in [2.75, 3.05) is 0 Å². The Kier molecular flexibility index (Phi) is 2.63. The Balaban J connectivity index is 2.82. The van der Waals surface area contributed by atoms with Crippen LogP contribution in [0.5, 0.6) is 0 Å². The lowest BCUT2D eigenvalue weighted by atomic mass is 10.1. The average molecular weight is 267 g/mol. The van der Waals surface area contributed by atoms with Gasteiger partial charge in [0.15, 0.2) is 0 Å². The average Bonchev–Trinajstić information content (AvgIpc) is 2.18. The van der Waals surface area contributed by atoms with Gasteiger partial charge in [-0.1, -0.05) is 12.1 Å². The maximum absolute atomic E-state index is 11.7. The number of nitrogens with two attached hydrogens (primary N) is 1. The number of fused-ring (bicyclic) bond motifs is 1. The Morgan fingerprint density at radius 3 is 2.87 bits per heavy atom. The number of hydrogen-bond acceptors (Lipinski definition) is 2. The van der Waals surface area contributed by atoms with Crippen molar-refractivity contribution in [3.63, 3.8) is 0 Å². The van der Waals surface area contributed by atoms with Crippen LogP contribution >= 0.6 is 15.9 Å². The van der Waals surface area contributed by atoms with E-state index in [1.54, 1.807) is 6.92 Å². The Hall–Kier alpha value is -1.13. The van der Waals surface area contributed by atoms with Crippen molar-refractivity contribution in [3.05, 3.63) is 44.7 Å². The summed E-state index contributed by atoms with van der Waals surface area (Å²) in [4.78, 5) is 14.5. The molecule has 3 nitrogen and oxygen atoms in total. The molecule has 0 aliphatic carbocycles. The van der Waals surface area contributed by atoms with Gasteiger partial charge in [-0.15, -0.1) is 0 Å². The molecule has 0 spiro atoms. The fraction of sp³-hybridized carbons (Fsp3) is 0.182. The molecule has 2 rings (SSSR count). The zero-order valence-corrected chi connectivity index (χ0v) is 9.84. The topological polar surface area (TPSA) is 58.9 Å². The molecule has 0 saturated heterocycles. The van der Waals surface area contributed by atoms with Gasteiger partial charge in [-0.05, 0) is 40.4 Å². The molecule has 78 valence electrons. The van der Waals surface area contributed by atoms with Crippen LogP contribution in [0.15, 0.2) is 33.5 Å². The molecular formula is C11H11BrN2O. The minimum Gasteiger partial charge on any atom is -0.324 e. The molecule has 1 heterocycles. The maximum atomic E-state index is 11.7. The zero-order valence-electron chi connectivity index (χ0n) is 8.25. The van der Waals surface area contributed by atoms with E-state index in [9.17, 15) is 4.79 Å². The molecule has 2 aromatic rings. The zero-order chi connectivity index (χ0) is 11.0. The fourth-order valence-corrected chi connectivity index (χ4v) is 2.03. The van der Waals surface area contributed by atoms with Gasteiger partial charge in [0, 0.05) is 16.1 Å². The van der Waals surface area contributed by atoms with Gasteiger partial charge in [0.25, 0.3) is 5.56 Å². The van der Waals surface area contributed by atoms with Gasteiger partial charge in [0.05, 0.1) is 5.52 Å². The summed E-state index contributed by atoms with van der Waals surface area (Å²) in [6.45, 7) is 1.80. The second-order valence-electron chi connectivity index (χ2n) is 3.55. The number of hydrogen-bond donors (Lipinski definition) is 2. The summed E-state index contributed by atoms with van der Waals surface area (Å²) in [7, 11) is 0. The number of halogens is 1. The maximum Gasteiger partial charge on any atom is 0.253 e. The molecule has 0 radical (unpaired) electrons. The van der Waals surface area contributed by atoms with Crippen molar-refractivity contribution in [1.29, 1.82) is 0 Å². The molecule has 1 aromatic carbocycles. The quantitative estimate of drug-likeness (QED) is 0.832. The predicted molar refractivity (Wildman–Crippen MR) is 64.9 cm³/mol. The highest BCUT2D eigenvalue weighted by atomic mass is 79.9. The number of pyridine rings is 1. The van der Waals surface area contributed by atoms with Crippen LogP contribution in [0, 0.1) is 0 Å². The molecule has 1 aromatic heterocycles. The minimum atomic E-state index is -0.253. The molecule has 0 amide bonds. The normalized spacial score (nSPS) is 13.0. The third kappa shape index (κ3) is 1.82. The standard InChI is InChI=1S/C11H11BrN2O/c1-6(13)8-5-7-3-2-4-9(12)10(7)14-11(8)15/h2-6H,13H2,1H3,(H,14,15). The molecule has 0 fully saturated rings. The summed E-state index contributed by atoms with van der Waals surface area (Å²) < 4.78 is 0.883. The van der Waals surface area contributed by atoms with E-state index >= 15 is 0 Å². The molecule has 15 heavy (non-hydrogen) atoms. The highest BCUT2D eigenvalue weighted by Gasteiger charge is 2.07. The summed E-state index contributed by atoms with van der Waals surface area (Å²) >= 11 is 3.39. The van der Waals surface area contributed by atoms with Gasteiger partial charge in [-0.2, -0.15) is 0 Å². The lowest BCUT2D eigenvalue weighted by Crippen LogP contribution is -2.19. The first kappa shape index (κ1) is 10.4. The summed E-state index contributed by atoms with van der Waals surface area (Å²) in [6.07, 6.45) is 0. The summed E-state index contributed by atoms with van der Waals surface area (Å²) in [5.41, 5.74) is 7.01. The van der Waals surface area contributed by atoms with Crippen molar-refractivity contribution < 1.29 is 0 Å². The Bertz CT molecular complexity index is 560. The number of rotatable bonds is 1. The molecule has 0 aliphatic heterocycles. The molecule has 3 N–H and O–H groups in total. The van der Waals surface area contributed by atoms with E-state index in [2.05, 4.69) is 20.9 Å². The van der Waals surface area contributed by atoms with E-state index < -0.39 is 0 Å². The van der Waals surface area contributed by atoms with Gasteiger partial charge >= 0.3 is 0 Å². The highest BCUT2D eigenvalue weighted by Crippen LogP contribution is 2.21. The van der Waals surface area contributed by atoms with Gasteiger partial charge in [-0.3, -0.25) is 4.79 Å². The van der Waals surface area contributed by atoms with Crippen LogP contribution < -0.4 is 11.3 Å². The van der Waals surface area contributed by atoms with Crippen LogP contribution in [0.1, 0.15) is 18.5 Å². The molecule has 1 atom stereocenters. The SMILES string of the molecule is CC(N)c1cc2cccc(Br)c2[nH]c1=O. The molecule has 4 heteroatoms. The first-order valence-electron chi connectivity index (χ1n) is 4.66. The molecule has 1 unspecified atom stereocenters. The summed E-state index contributed by atoms with van der Waals surface area (Å²) in [6, 6.07) is 7.35. The third-order valence-corrected chi connectivity index (χ3v) is 3.01. The lowest BCUT2D eigenvalue weighted by Gasteiger charge is -2.06. The van der Waals surface area contributed by atoms with Crippen LogP contribution in [0.2, 0.25) is 0 Å². The smallest absolute Gasteiger partial charge is 0.253 e. The lowest BCUT2D eigenvalue weighted by molar-refractivity contribution is 0.804. The highest BCUT2D eigenvalue weighted by molar-refractivity contribution is 9.10. The van der Waals surface area contributed by atoms with Gasteiger partial charge in [0.1, 0.15) is 0 Å². The largest absolute Gasteiger partial charge is 0.324 e. The summed E-state index contributed by atoms with van der Waals surface area (Å²) in [5.74, 6) is 0. The van der Waals surface area contributed by atoms with Crippen molar-refractivity contribution >= 4 is 26.8 Å². The van der Waals surface area contributed by atoms with Crippen molar-refractivity contribution in [2.45, 2.75) is 13.0 Å². The van der Waals surface area contributed by atoms with Crippen LogP contribution in [0.3, 0.4) is 0 Å². The van der Waals surface area contributed by atoms with Crippen molar-refractivity contribution in [2.24, 2.45) is 5.73 Å². The Labute approximate surface area is 95.4 Å². The Morgan fingerprint density at radius 2 is 2.20 bits per heavy atom. The molecule has 0 saturated carbocycles. The second kappa shape index (κ2) is 3.79. The fourth-order valence-electron chi connectivity index (χ4n) is 1.55. The van der Waals surface area contributed by atoms with Crippen molar-refractivity contribution in [3.8, 4) is 0 Å². The van der Waals surface area contributed by atoms with E-state index in [1.165, 1.54) is 0 Å². The van der Waals surface area contributed by atoms with E-state index in [1.807, 2.05) is 24.3 Å². The van der Waals surface area contributed by atoms with Crippen LogP contribution in [-0.4, -0.2) is 4.98 Å². The van der Waals surface area contributed by atoms with E-state index in [-0.39, 0.29) is 11.6 Å². The summed E-state index contributed by atoms with van der Waals surface area (Å²) in [5, 5.41) is 0.983.